The average molecular weight is 629 g/mol. The van der Waals surface area contributed by atoms with E-state index in [0.29, 0.717) is 6.67 Å². The molecule has 0 aliphatic carbocycles. The first-order valence-electron chi connectivity index (χ1n) is 16.1. The maximum atomic E-state index is 4.97. The molecule has 4 aromatic heterocycles. The van der Waals surface area contributed by atoms with Crippen LogP contribution in [0.3, 0.4) is 0 Å². The van der Waals surface area contributed by atoms with Crippen molar-refractivity contribution < 1.29 is 0 Å². The predicted molar refractivity (Wildman–Crippen MR) is 203 cm³/mol. The molecule has 0 unspecified atom stereocenters. The van der Waals surface area contributed by atoms with Gasteiger partial charge in [0, 0.05) is 41.1 Å². The third-order valence-corrected chi connectivity index (χ3v) is 7.23. The largest absolute Gasteiger partial charge is 0.354 e. The Hall–Kier alpha value is -6.14. The minimum atomic E-state index is 0.332. The van der Waals surface area contributed by atoms with Crippen molar-refractivity contribution in [3.05, 3.63) is 176 Å². The second kappa shape index (κ2) is 17.5. The number of anilines is 1. The number of H-pyrrole nitrogens is 1. The first-order chi connectivity index (χ1) is 23.7. The molecule has 0 bridgehead atoms. The van der Waals surface area contributed by atoms with Gasteiger partial charge in [-0.05, 0) is 53.1 Å². The molecule has 7 aromatic rings. The van der Waals surface area contributed by atoms with Crippen LogP contribution in [-0.2, 0) is 0 Å². The van der Waals surface area contributed by atoms with Gasteiger partial charge in [-0.15, -0.1) is 0 Å². The molecule has 6 nitrogen and oxygen atoms in total. The Bertz CT molecular complexity index is 2040. The van der Waals surface area contributed by atoms with Gasteiger partial charge in [0.05, 0.1) is 22.5 Å². The lowest BCUT2D eigenvalue weighted by Crippen LogP contribution is -2.07. The molecular weight excluding hydrogens is 589 g/mol. The van der Waals surface area contributed by atoms with Crippen molar-refractivity contribution in [3.8, 4) is 11.3 Å². The summed E-state index contributed by atoms with van der Waals surface area (Å²) in [6.07, 6.45) is 12.4. The topological polar surface area (TPSA) is 78.9 Å². The first kappa shape index (κ1) is 33.2. The van der Waals surface area contributed by atoms with Crippen LogP contribution in [-0.4, -0.2) is 32.3 Å². The van der Waals surface area contributed by atoms with Gasteiger partial charge in [-0.3, -0.25) is 15.0 Å². The normalized spacial score (nSPS) is 11.2. The molecule has 0 fully saturated rings. The number of nitrogens with one attached hydrogen (secondary N) is 2. The maximum Gasteiger partial charge on any atom is 0.138 e. The summed E-state index contributed by atoms with van der Waals surface area (Å²) in [5.41, 5.74) is 7.81. The fraction of sp³-hybridized carbons (Fsp3) is 0.0952. The summed E-state index contributed by atoms with van der Waals surface area (Å²) in [5, 5.41) is 5.66. The number of hydrogen-bond acceptors (Lipinski definition) is 5. The molecule has 0 saturated heterocycles. The second-order valence-electron chi connectivity index (χ2n) is 10.8. The van der Waals surface area contributed by atoms with E-state index in [2.05, 4.69) is 83.2 Å². The number of benzene rings is 3. The molecule has 48 heavy (non-hydrogen) atoms. The minimum Gasteiger partial charge on any atom is -0.354 e. The molecule has 238 valence electrons. The quantitative estimate of drug-likeness (QED) is 0.130. The number of hydrogen-bond donors (Lipinski definition) is 2. The zero-order valence-corrected chi connectivity index (χ0v) is 27.4. The van der Waals surface area contributed by atoms with Gasteiger partial charge in [0.25, 0.3) is 0 Å². The fourth-order valence-electron chi connectivity index (χ4n) is 5.08. The Morgan fingerprint density at radius 3 is 1.98 bits per heavy atom. The fourth-order valence-corrected chi connectivity index (χ4v) is 5.08. The van der Waals surface area contributed by atoms with Crippen LogP contribution in [0.2, 0.25) is 0 Å². The van der Waals surface area contributed by atoms with Gasteiger partial charge in [-0.2, -0.15) is 0 Å². The number of para-hydroxylation sites is 1. The third kappa shape index (κ3) is 8.56. The van der Waals surface area contributed by atoms with Crippen molar-refractivity contribution in [2.75, 3.05) is 12.0 Å². The van der Waals surface area contributed by atoms with Crippen LogP contribution in [0.15, 0.2) is 170 Å². The van der Waals surface area contributed by atoms with Crippen molar-refractivity contribution in [2.24, 2.45) is 4.99 Å². The number of nitrogens with zero attached hydrogens (tertiary/aromatic N) is 4. The molecule has 0 aliphatic rings. The number of aromatic nitrogens is 4. The number of aliphatic imine (C=N–C) groups is 1. The Labute approximate surface area is 282 Å². The lowest BCUT2D eigenvalue weighted by Gasteiger charge is -2.12. The monoisotopic (exact) mass is 628 g/mol. The number of allylic oxidation sites excluding steroid dienone is 3. The molecule has 0 radical (unpaired) electrons. The minimum absolute atomic E-state index is 0.332. The van der Waals surface area contributed by atoms with Crippen molar-refractivity contribution in [1.82, 2.24) is 19.9 Å². The second-order valence-corrected chi connectivity index (χ2v) is 10.8. The Morgan fingerprint density at radius 2 is 1.35 bits per heavy atom. The van der Waals surface area contributed by atoms with Crippen molar-refractivity contribution in [1.29, 1.82) is 0 Å². The van der Waals surface area contributed by atoms with E-state index in [9.17, 15) is 0 Å². The van der Waals surface area contributed by atoms with Crippen LogP contribution in [0.1, 0.15) is 31.4 Å². The third-order valence-electron chi connectivity index (χ3n) is 7.23. The van der Waals surface area contributed by atoms with Crippen molar-refractivity contribution in [3.63, 3.8) is 0 Å². The van der Waals surface area contributed by atoms with Crippen molar-refractivity contribution >= 4 is 38.9 Å². The predicted octanol–water partition coefficient (Wildman–Crippen LogP) is 10.4. The highest BCUT2D eigenvalue weighted by Gasteiger charge is 2.16. The summed E-state index contributed by atoms with van der Waals surface area (Å²) >= 11 is 0. The summed E-state index contributed by atoms with van der Waals surface area (Å²) in [6, 6.07) is 40.3. The van der Waals surface area contributed by atoms with Gasteiger partial charge in [0.2, 0.25) is 0 Å². The van der Waals surface area contributed by atoms with E-state index in [4.69, 9.17) is 9.98 Å². The molecule has 2 N–H and O–H groups in total. The molecule has 0 saturated carbocycles. The molecule has 3 aromatic carbocycles. The summed E-state index contributed by atoms with van der Waals surface area (Å²) in [7, 11) is 0. The highest BCUT2D eigenvalue weighted by Crippen LogP contribution is 2.36. The molecule has 4 heterocycles. The summed E-state index contributed by atoms with van der Waals surface area (Å²) in [4.78, 5) is 21.8. The number of fused-ring (bicyclic) bond motifs is 3. The highest BCUT2D eigenvalue weighted by molar-refractivity contribution is 6.14. The lowest BCUT2D eigenvalue weighted by atomic mass is 10.0. The van der Waals surface area contributed by atoms with E-state index in [-0.39, 0.29) is 0 Å². The van der Waals surface area contributed by atoms with E-state index < -0.39 is 0 Å². The molecule has 6 heteroatoms. The average Bonchev–Trinajstić information content (AvgIpc) is 3.54. The van der Waals surface area contributed by atoms with Gasteiger partial charge in [0.1, 0.15) is 12.5 Å². The lowest BCUT2D eigenvalue weighted by molar-refractivity contribution is 1.09. The van der Waals surface area contributed by atoms with Crippen LogP contribution in [0.4, 0.5) is 5.82 Å². The van der Waals surface area contributed by atoms with E-state index in [0.717, 1.165) is 61.3 Å². The molecule has 0 spiro atoms. The summed E-state index contributed by atoms with van der Waals surface area (Å²) in [6.45, 7) is 8.63. The Kier molecular flexibility index (Phi) is 12.1. The van der Waals surface area contributed by atoms with Crippen LogP contribution < -0.4 is 5.32 Å². The van der Waals surface area contributed by atoms with Gasteiger partial charge >= 0.3 is 0 Å². The Balaban J connectivity index is 0.000000440. The smallest absolute Gasteiger partial charge is 0.138 e. The van der Waals surface area contributed by atoms with Crippen LogP contribution in [0, 0.1) is 0 Å². The number of aromatic amines is 1. The van der Waals surface area contributed by atoms with E-state index in [1.54, 1.807) is 18.6 Å². The van der Waals surface area contributed by atoms with Gasteiger partial charge in [-0.1, -0.05) is 124 Å². The van der Waals surface area contributed by atoms with Gasteiger partial charge in [-0.25, -0.2) is 4.98 Å². The zero-order valence-electron chi connectivity index (χ0n) is 27.4. The van der Waals surface area contributed by atoms with E-state index >= 15 is 0 Å². The van der Waals surface area contributed by atoms with Crippen LogP contribution >= 0.6 is 0 Å². The Morgan fingerprint density at radius 1 is 0.729 bits per heavy atom. The first-order valence-corrected chi connectivity index (χ1v) is 16.1. The summed E-state index contributed by atoms with van der Waals surface area (Å²) in [5.74, 6) is 0.722. The highest BCUT2D eigenvalue weighted by atomic mass is 15.1. The summed E-state index contributed by atoms with van der Waals surface area (Å²) < 4.78 is 0. The molecule has 0 amide bonds. The van der Waals surface area contributed by atoms with Crippen LogP contribution in [0.5, 0.6) is 0 Å². The standard InChI is InChI=1S/C34H27N5.C5H5N.C3H8/c1-2-24(25-13-5-3-6-14-25)21-31(26-15-7-4-8-16-26)37-23-38-34-32(30-19-11-12-20-35-30)33-28(22-36-34)27-17-9-10-18-29(27)39-33;1-2-4-6-5-3-1;1-3-2/h2-22,39H,1,23H2,(H,36,38);1-5H;3H2,1-2H3/b24-21+,37-31+;;. The molecule has 7 rings (SSSR count). The number of rotatable bonds is 8. The van der Waals surface area contributed by atoms with Gasteiger partial charge < -0.3 is 10.3 Å². The SMILES string of the molecule is C=C/C(=C\C(=N/CNc1ncc2c([nH]c3ccccc32)c1-c1ccccn1)c1ccccc1)c1ccccc1.CCC.c1ccncc1. The van der Waals surface area contributed by atoms with Gasteiger partial charge in [0.15, 0.2) is 0 Å². The zero-order chi connectivity index (χ0) is 33.4. The van der Waals surface area contributed by atoms with E-state index in [1.807, 2.05) is 97.2 Å². The van der Waals surface area contributed by atoms with Crippen molar-refractivity contribution in [2.45, 2.75) is 20.3 Å². The molecular formula is C42H40N6. The maximum absolute atomic E-state index is 4.97. The molecule has 0 aliphatic heterocycles. The number of pyridine rings is 3. The van der Waals surface area contributed by atoms with E-state index in [1.165, 1.54) is 6.42 Å². The van der Waals surface area contributed by atoms with Crippen LogP contribution in [0.25, 0.3) is 38.6 Å². The molecule has 0 atom stereocenters.